The molecule has 19 heavy (non-hydrogen) atoms. The average Bonchev–Trinajstić information content (AvgIpc) is 2.82. The molecule has 0 aliphatic heterocycles. The van der Waals surface area contributed by atoms with Crippen molar-refractivity contribution in [1.29, 1.82) is 0 Å². The van der Waals surface area contributed by atoms with Gasteiger partial charge in [-0.15, -0.1) is 0 Å². The van der Waals surface area contributed by atoms with Gasteiger partial charge in [-0.2, -0.15) is 0 Å². The quantitative estimate of drug-likeness (QED) is 0.811. The van der Waals surface area contributed by atoms with Gasteiger partial charge >= 0.3 is 0 Å². The molecule has 2 rings (SSSR count). The molecule has 0 fully saturated rings. The minimum absolute atomic E-state index is 0.252. The van der Waals surface area contributed by atoms with Crippen LogP contribution in [0.15, 0.2) is 28.8 Å². The zero-order valence-electron chi connectivity index (χ0n) is 11.4. The van der Waals surface area contributed by atoms with E-state index in [4.69, 9.17) is 4.42 Å². The van der Waals surface area contributed by atoms with E-state index in [2.05, 4.69) is 17.2 Å². The molecule has 0 radical (unpaired) electrons. The fourth-order valence-corrected chi connectivity index (χ4v) is 1.93. The lowest BCUT2D eigenvalue weighted by molar-refractivity contribution is 0.494. The Balaban J connectivity index is 2.03. The molecular weight excluding hydrogens is 243 g/mol. The number of nitrogens with one attached hydrogen (secondary N) is 1. The lowest BCUT2D eigenvalue weighted by Crippen LogP contribution is -2.17. The van der Waals surface area contributed by atoms with Crippen LogP contribution < -0.4 is 5.32 Å². The van der Waals surface area contributed by atoms with Crippen molar-refractivity contribution in [3.63, 3.8) is 0 Å². The van der Waals surface area contributed by atoms with Crippen molar-refractivity contribution < 1.29 is 8.81 Å². The Kier molecular flexibility index (Phi) is 4.68. The molecule has 4 heteroatoms. The summed E-state index contributed by atoms with van der Waals surface area (Å²) in [6.45, 7) is 5.83. The molecule has 0 saturated heterocycles. The second-order valence-electron chi connectivity index (χ2n) is 4.64. The Bertz CT molecular complexity index is 516. The van der Waals surface area contributed by atoms with Gasteiger partial charge in [-0.25, -0.2) is 9.37 Å². The largest absolute Gasteiger partial charge is 0.441 e. The van der Waals surface area contributed by atoms with Crippen LogP contribution in [0.1, 0.15) is 24.8 Å². The summed E-state index contributed by atoms with van der Waals surface area (Å²) in [4.78, 5) is 4.22. The molecule has 0 bridgehead atoms. The molecule has 0 atom stereocenters. The van der Waals surface area contributed by atoms with Gasteiger partial charge in [0.15, 0.2) is 11.7 Å². The topological polar surface area (TPSA) is 38.1 Å². The van der Waals surface area contributed by atoms with Gasteiger partial charge in [-0.05, 0) is 43.7 Å². The molecule has 0 saturated carbocycles. The highest BCUT2D eigenvalue weighted by Crippen LogP contribution is 2.22. The third-order valence-corrected chi connectivity index (χ3v) is 2.82. The maximum absolute atomic E-state index is 13.3. The van der Waals surface area contributed by atoms with Crippen LogP contribution in [0.5, 0.6) is 0 Å². The lowest BCUT2D eigenvalue weighted by atomic mass is 10.1. The van der Waals surface area contributed by atoms with Gasteiger partial charge in [0.1, 0.15) is 5.82 Å². The first kappa shape index (κ1) is 13.7. The van der Waals surface area contributed by atoms with Gasteiger partial charge < -0.3 is 9.73 Å². The third kappa shape index (κ3) is 3.89. The van der Waals surface area contributed by atoms with E-state index in [1.165, 1.54) is 12.1 Å². The van der Waals surface area contributed by atoms with Crippen molar-refractivity contribution in [3.8, 4) is 11.3 Å². The van der Waals surface area contributed by atoms with Gasteiger partial charge in [0, 0.05) is 18.5 Å². The van der Waals surface area contributed by atoms with E-state index in [9.17, 15) is 4.39 Å². The predicted molar refractivity (Wildman–Crippen MR) is 73.5 cm³/mol. The number of hydrogen-bond acceptors (Lipinski definition) is 3. The van der Waals surface area contributed by atoms with Crippen molar-refractivity contribution in [3.05, 3.63) is 41.7 Å². The fraction of sp³-hybridized carbons (Fsp3) is 0.400. The highest BCUT2D eigenvalue weighted by atomic mass is 19.1. The third-order valence-electron chi connectivity index (χ3n) is 2.82. The van der Waals surface area contributed by atoms with Crippen LogP contribution in [0, 0.1) is 12.7 Å². The summed E-state index contributed by atoms with van der Waals surface area (Å²) in [6.07, 6.45) is 3.51. The first-order chi connectivity index (χ1) is 9.19. The second kappa shape index (κ2) is 6.48. The first-order valence-electron chi connectivity index (χ1n) is 6.62. The number of aryl methyl sites for hydroxylation is 1. The first-order valence-corrected chi connectivity index (χ1v) is 6.62. The van der Waals surface area contributed by atoms with E-state index >= 15 is 0 Å². The molecule has 1 aromatic heterocycles. The van der Waals surface area contributed by atoms with Crippen LogP contribution in [0.3, 0.4) is 0 Å². The number of oxazole rings is 1. The van der Waals surface area contributed by atoms with Crippen molar-refractivity contribution in [2.24, 2.45) is 0 Å². The number of nitrogens with zero attached hydrogens (tertiary/aromatic N) is 1. The van der Waals surface area contributed by atoms with Gasteiger partial charge in [0.05, 0.1) is 6.20 Å². The number of benzene rings is 1. The molecule has 0 amide bonds. The van der Waals surface area contributed by atoms with Crippen LogP contribution in [0.4, 0.5) is 4.39 Å². The maximum atomic E-state index is 13.3. The minimum Gasteiger partial charge on any atom is -0.441 e. The van der Waals surface area contributed by atoms with Crippen LogP contribution in [-0.4, -0.2) is 18.1 Å². The van der Waals surface area contributed by atoms with E-state index < -0.39 is 0 Å². The molecule has 102 valence electrons. The zero-order chi connectivity index (χ0) is 13.7. The van der Waals surface area contributed by atoms with Crippen LogP contribution in [0.25, 0.3) is 11.3 Å². The van der Waals surface area contributed by atoms with Gasteiger partial charge in [-0.1, -0.05) is 6.92 Å². The molecule has 1 aromatic carbocycles. The van der Waals surface area contributed by atoms with Crippen LogP contribution >= 0.6 is 0 Å². The highest BCUT2D eigenvalue weighted by molar-refractivity contribution is 5.57. The van der Waals surface area contributed by atoms with Crippen molar-refractivity contribution >= 4 is 0 Å². The smallest absolute Gasteiger partial charge is 0.196 e. The average molecular weight is 262 g/mol. The number of halogens is 1. The van der Waals surface area contributed by atoms with E-state index in [-0.39, 0.29) is 5.82 Å². The van der Waals surface area contributed by atoms with Gasteiger partial charge in [0.25, 0.3) is 0 Å². The fourth-order valence-electron chi connectivity index (χ4n) is 1.93. The summed E-state index contributed by atoms with van der Waals surface area (Å²) in [6, 6.07) is 4.85. The van der Waals surface area contributed by atoms with E-state index in [1.54, 1.807) is 6.20 Å². The molecule has 3 nitrogen and oxygen atoms in total. The van der Waals surface area contributed by atoms with Crippen molar-refractivity contribution in [2.45, 2.75) is 26.7 Å². The Labute approximate surface area is 112 Å². The monoisotopic (exact) mass is 262 g/mol. The molecular formula is C15H19FN2O. The Morgan fingerprint density at radius 1 is 1.26 bits per heavy atom. The number of rotatable bonds is 6. The molecule has 2 aromatic rings. The van der Waals surface area contributed by atoms with Crippen LogP contribution in [-0.2, 0) is 6.42 Å². The molecule has 0 aliphatic carbocycles. The Morgan fingerprint density at radius 3 is 2.84 bits per heavy atom. The number of hydrogen-bond donors (Lipinski definition) is 1. The van der Waals surface area contributed by atoms with Crippen molar-refractivity contribution in [2.75, 3.05) is 13.1 Å². The summed E-state index contributed by atoms with van der Waals surface area (Å²) in [5.41, 5.74) is 1.61. The van der Waals surface area contributed by atoms with E-state index in [0.29, 0.717) is 11.7 Å². The summed E-state index contributed by atoms with van der Waals surface area (Å²) in [5, 5.41) is 3.29. The Hall–Kier alpha value is -1.68. The predicted octanol–water partition coefficient (Wildman–Crippen LogP) is 3.33. The SMILES string of the molecule is CCCNCCc1ncc(-c2cc(C)cc(F)c2)o1. The Morgan fingerprint density at radius 2 is 2.11 bits per heavy atom. The normalized spacial score (nSPS) is 10.9. The molecule has 1 N–H and O–H groups in total. The molecule has 0 spiro atoms. The standard InChI is InChI=1S/C15H19FN2O/c1-3-5-17-6-4-15-18-10-14(19-15)12-7-11(2)8-13(16)9-12/h7-10,17H,3-6H2,1-2H3. The van der Waals surface area contributed by atoms with Gasteiger partial charge in [-0.3, -0.25) is 0 Å². The minimum atomic E-state index is -0.252. The summed E-state index contributed by atoms with van der Waals surface area (Å²) >= 11 is 0. The zero-order valence-corrected chi connectivity index (χ0v) is 11.4. The van der Waals surface area contributed by atoms with Crippen LogP contribution in [0.2, 0.25) is 0 Å². The molecule has 0 unspecified atom stereocenters. The summed E-state index contributed by atoms with van der Waals surface area (Å²) < 4.78 is 19.0. The maximum Gasteiger partial charge on any atom is 0.196 e. The highest BCUT2D eigenvalue weighted by Gasteiger charge is 2.08. The van der Waals surface area contributed by atoms with E-state index in [0.717, 1.165) is 37.1 Å². The number of aromatic nitrogens is 1. The summed E-state index contributed by atoms with van der Waals surface area (Å²) in [7, 11) is 0. The second-order valence-corrected chi connectivity index (χ2v) is 4.64. The lowest BCUT2D eigenvalue weighted by Gasteiger charge is -2.00. The van der Waals surface area contributed by atoms with E-state index in [1.807, 2.05) is 13.0 Å². The van der Waals surface area contributed by atoms with Crippen molar-refractivity contribution in [1.82, 2.24) is 10.3 Å². The molecule has 1 heterocycles. The molecule has 0 aliphatic rings. The summed E-state index contributed by atoms with van der Waals surface area (Å²) in [5.74, 6) is 1.05. The van der Waals surface area contributed by atoms with Gasteiger partial charge in [0.2, 0.25) is 0 Å².